The molecule has 7 heteroatoms. The minimum absolute atomic E-state index is 0.141. The van der Waals surface area contributed by atoms with E-state index < -0.39 is 5.92 Å². The summed E-state index contributed by atoms with van der Waals surface area (Å²) >= 11 is 7.41. The first-order valence-corrected chi connectivity index (χ1v) is 9.75. The lowest BCUT2D eigenvalue weighted by molar-refractivity contribution is -0.112. The third-order valence-electron chi connectivity index (χ3n) is 4.43. The molecule has 1 aliphatic heterocycles. The fraction of sp³-hybridized carbons (Fsp3) is 0.143. The molecule has 2 heterocycles. The van der Waals surface area contributed by atoms with E-state index >= 15 is 0 Å². The second kappa shape index (κ2) is 7.11. The zero-order chi connectivity index (χ0) is 19.9. The van der Waals surface area contributed by atoms with Crippen LogP contribution in [0.1, 0.15) is 22.9 Å². The number of carbonyl (C=O) groups is 1. The van der Waals surface area contributed by atoms with Gasteiger partial charge in [-0.2, -0.15) is 0 Å². The lowest BCUT2D eigenvalue weighted by Crippen LogP contribution is -2.29. The van der Waals surface area contributed by atoms with Crippen molar-refractivity contribution < 1.29 is 13.6 Å². The molecule has 1 amide bonds. The van der Waals surface area contributed by atoms with E-state index in [9.17, 15) is 13.6 Å². The molecule has 4 rings (SSSR count). The molecular formula is C21H15ClF2N2OS. The van der Waals surface area contributed by atoms with Gasteiger partial charge in [-0.05, 0) is 30.3 Å². The van der Waals surface area contributed by atoms with E-state index in [2.05, 4.69) is 4.99 Å². The molecular weight excluding hydrogens is 402 g/mol. The van der Waals surface area contributed by atoms with Crippen LogP contribution in [0, 0.1) is 0 Å². The molecule has 0 atom stereocenters. The topological polar surface area (TPSA) is 32.7 Å². The molecule has 2 aromatic carbocycles. The Kier molecular flexibility index (Phi) is 4.77. The SMILES string of the molecule is CC(F)(F)c1cccc(N=C2C(=O)N(Cc3ccc(Cl)s3)c3ccccc32)c1. The smallest absolute Gasteiger partial charge is 0.277 e. The van der Waals surface area contributed by atoms with Crippen LogP contribution in [0.25, 0.3) is 0 Å². The number of benzene rings is 2. The first kappa shape index (κ1) is 18.8. The summed E-state index contributed by atoms with van der Waals surface area (Å²) in [6.07, 6.45) is 0. The van der Waals surface area contributed by atoms with Crippen LogP contribution in [0.15, 0.2) is 65.7 Å². The number of para-hydroxylation sites is 1. The van der Waals surface area contributed by atoms with Gasteiger partial charge in [-0.3, -0.25) is 4.79 Å². The summed E-state index contributed by atoms with van der Waals surface area (Å²) in [5.74, 6) is -3.24. The summed E-state index contributed by atoms with van der Waals surface area (Å²) in [5, 5.41) is 0. The molecule has 3 aromatic rings. The van der Waals surface area contributed by atoms with Gasteiger partial charge in [-0.25, -0.2) is 13.8 Å². The number of fused-ring (bicyclic) bond motifs is 1. The highest BCUT2D eigenvalue weighted by atomic mass is 35.5. The highest BCUT2D eigenvalue weighted by molar-refractivity contribution is 7.16. The normalized spacial score (nSPS) is 15.4. The van der Waals surface area contributed by atoms with Crippen molar-refractivity contribution in [3.8, 4) is 0 Å². The maximum Gasteiger partial charge on any atom is 0.277 e. The Morgan fingerprint density at radius 2 is 1.89 bits per heavy atom. The van der Waals surface area contributed by atoms with Crippen LogP contribution >= 0.6 is 22.9 Å². The third kappa shape index (κ3) is 3.57. The van der Waals surface area contributed by atoms with Crippen molar-refractivity contribution in [2.24, 2.45) is 4.99 Å². The Morgan fingerprint density at radius 3 is 2.61 bits per heavy atom. The number of anilines is 1. The summed E-state index contributed by atoms with van der Waals surface area (Å²) in [4.78, 5) is 20.1. The maximum atomic E-state index is 13.6. The van der Waals surface area contributed by atoms with Gasteiger partial charge in [0, 0.05) is 22.9 Å². The highest BCUT2D eigenvalue weighted by Crippen LogP contribution is 2.35. The first-order chi connectivity index (χ1) is 13.3. The third-order valence-corrected chi connectivity index (χ3v) is 5.65. The zero-order valence-electron chi connectivity index (χ0n) is 14.8. The second-order valence-corrected chi connectivity index (χ2v) is 8.31. The summed E-state index contributed by atoms with van der Waals surface area (Å²) in [7, 11) is 0. The molecule has 0 aliphatic carbocycles. The van der Waals surface area contributed by atoms with Gasteiger partial charge in [0.2, 0.25) is 0 Å². The van der Waals surface area contributed by atoms with E-state index in [-0.39, 0.29) is 17.2 Å². The monoisotopic (exact) mass is 416 g/mol. The average molecular weight is 417 g/mol. The number of halogens is 3. The van der Waals surface area contributed by atoms with E-state index in [1.807, 2.05) is 30.3 Å². The predicted molar refractivity (Wildman–Crippen MR) is 109 cm³/mol. The summed E-state index contributed by atoms with van der Waals surface area (Å²) in [6.45, 7) is 1.21. The molecule has 28 heavy (non-hydrogen) atoms. The minimum atomic E-state index is -2.97. The summed E-state index contributed by atoms with van der Waals surface area (Å²) < 4.78 is 27.9. The number of hydrogen-bond donors (Lipinski definition) is 0. The van der Waals surface area contributed by atoms with E-state index in [1.54, 1.807) is 17.0 Å². The number of thiophene rings is 1. The van der Waals surface area contributed by atoms with Crippen molar-refractivity contribution in [1.82, 2.24) is 0 Å². The van der Waals surface area contributed by atoms with Crippen LogP contribution in [0.5, 0.6) is 0 Å². The van der Waals surface area contributed by atoms with Gasteiger partial charge in [-0.15, -0.1) is 11.3 Å². The van der Waals surface area contributed by atoms with Crippen molar-refractivity contribution in [3.63, 3.8) is 0 Å². The average Bonchev–Trinajstić information content (AvgIpc) is 3.18. The first-order valence-electron chi connectivity index (χ1n) is 8.55. The zero-order valence-corrected chi connectivity index (χ0v) is 16.4. The van der Waals surface area contributed by atoms with Gasteiger partial charge in [0.15, 0.2) is 0 Å². The van der Waals surface area contributed by atoms with Crippen LogP contribution in [-0.2, 0) is 17.3 Å². The van der Waals surface area contributed by atoms with E-state index in [4.69, 9.17) is 11.6 Å². The van der Waals surface area contributed by atoms with Crippen molar-refractivity contribution in [2.75, 3.05) is 4.90 Å². The number of carbonyl (C=O) groups excluding carboxylic acids is 1. The van der Waals surface area contributed by atoms with Crippen LogP contribution in [0.4, 0.5) is 20.2 Å². The van der Waals surface area contributed by atoms with E-state index in [0.717, 1.165) is 17.5 Å². The standard InChI is InChI=1S/C21H15ClF2N2OS/c1-21(23,24)13-5-4-6-14(11-13)25-19-16-7-2-3-8-17(16)26(20(19)27)12-15-9-10-18(22)28-15/h2-11H,12H2,1H3. The quantitative estimate of drug-likeness (QED) is 0.499. The fourth-order valence-electron chi connectivity index (χ4n) is 3.10. The second-order valence-electron chi connectivity index (χ2n) is 6.51. The number of nitrogens with zero attached hydrogens (tertiary/aromatic N) is 2. The predicted octanol–water partition coefficient (Wildman–Crippen LogP) is 6.18. The lowest BCUT2D eigenvalue weighted by Gasteiger charge is -2.15. The number of aliphatic imine (C=N–C) groups is 1. The summed E-state index contributed by atoms with van der Waals surface area (Å²) in [6, 6.07) is 16.8. The molecule has 0 saturated heterocycles. The fourth-order valence-corrected chi connectivity index (χ4v) is 4.17. The molecule has 0 spiro atoms. The van der Waals surface area contributed by atoms with Crippen LogP contribution < -0.4 is 4.90 Å². The van der Waals surface area contributed by atoms with Crippen molar-refractivity contribution in [1.29, 1.82) is 0 Å². The Labute approximate surface area is 169 Å². The van der Waals surface area contributed by atoms with Crippen LogP contribution in [0.3, 0.4) is 0 Å². The number of alkyl halides is 2. The van der Waals surface area contributed by atoms with Gasteiger partial charge in [-0.1, -0.05) is 41.9 Å². The number of hydrogen-bond acceptors (Lipinski definition) is 3. The van der Waals surface area contributed by atoms with Gasteiger partial charge >= 0.3 is 0 Å². The highest BCUT2D eigenvalue weighted by Gasteiger charge is 2.34. The Morgan fingerprint density at radius 1 is 1.11 bits per heavy atom. The van der Waals surface area contributed by atoms with Gasteiger partial charge in [0.1, 0.15) is 5.71 Å². The molecule has 0 unspecified atom stereocenters. The number of rotatable bonds is 4. The molecule has 0 fully saturated rings. The molecule has 1 aliphatic rings. The molecule has 1 aromatic heterocycles. The Hall–Kier alpha value is -2.57. The van der Waals surface area contributed by atoms with Crippen molar-refractivity contribution in [3.05, 3.63) is 81.0 Å². The van der Waals surface area contributed by atoms with Gasteiger partial charge < -0.3 is 4.90 Å². The van der Waals surface area contributed by atoms with Crippen LogP contribution in [0.2, 0.25) is 4.34 Å². The number of amides is 1. The lowest BCUT2D eigenvalue weighted by atomic mass is 10.1. The molecule has 0 radical (unpaired) electrons. The van der Waals surface area contributed by atoms with Crippen molar-refractivity contribution in [2.45, 2.75) is 19.4 Å². The Balaban J connectivity index is 1.74. The van der Waals surface area contributed by atoms with Gasteiger partial charge in [0.25, 0.3) is 11.8 Å². The molecule has 0 bridgehead atoms. The molecule has 0 saturated carbocycles. The van der Waals surface area contributed by atoms with Crippen molar-refractivity contribution >= 4 is 45.9 Å². The molecule has 3 nitrogen and oxygen atoms in total. The van der Waals surface area contributed by atoms with Crippen LogP contribution in [-0.4, -0.2) is 11.6 Å². The van der Waals surface area contributed by atoms with E-state index in [0.29, 0.717) is 22.1 Å². The molecule has 0 N–H and O–H groups in total. The summed E-state index contributed by atoms with van der Waals surface area (Å²) in [5.41, 5.74) is 1.85. The Bertz CT molecular complexity index is 1090. The largest absolute Gasteiger partial charge is 0.301 e. The molecule has 142 valence electrons. The minimum Gasteiger partial charge on any atom is -0.301 e. The van der Waals surface area contributed by atoms with Gasteiger partial charge in [0.05, 0.1) is 22.3 Å². The van der Waals surface area contributed by atoms with E-state index in [1.165, 1.54) is 29.5 Å². The maximum absolute atomic E-state index is 13.6.